The van der Waals surface area contributed by atoms with Crippen LogP contribution in [0.3, 0.4) is 0 Å². The molecular formula is C14H19ClN4O. The summed E-state index contributed by atoms with van der Waals surface area (Å²) >= 11 is 5.91. The first-order valence-corrected chi connectivity index (χ1v) is 7.66. The lowest BCUT2D eigenvalue weighted by Crippen LogP contribution is -2.28. The van der Waals surface area contributed by atoms with Crippen LogP contribution < -0.4 is 11.0 Å². The lowest BCUT2D eigenvalue weighted by Gasteiger charge is -2.35. The minimum absolute atomic E-state index is 0.107. The molecule has 1 heterocycles. The number of hydrazone groups is 1. The molecule has 0 aliphatic heterocycles. The molecule has 0 radical (unpaired) electrons. The molecule has 0 saturated heterocycles. The SMILES string of the molecule is O=c1[nH]ncc(N/N=C2/CC[C@H]3CCCC[C@@H]3C2)c1Cl. The fraction of sp³-hybridized carbons (Fsp3) is 0.643. The van der Waals surface area contributed by atoms with E-state index in [1.54, 1.807) is 0 Å². The fourth-order valence-electron chi connectivity index (χ4n) is 3.39. The monoisotopic (exact) mass is 294 g/mol. The molecule has 0 spiro atoms. The maximum atomic E-state index is 11.3. The summed E-state index contributed by atoms with van der Waals surface area (Å²) in [6.07, 6.45) is 10.3. The highest BCUT2D eigenvalue weighted by atomic mass is 35.5. The van der Waals surface area contributed by atoms with Crippen LogP contribution in [0.4, 0.5) is 5.69 Å². The zero-order valence-corrected chi connectivity index (χ0v) is 12.1. The molecule has 0 aromatic carbocycles. The minimum Gasteiger partial charge on any atom is -0.275 e. The maximum Gasteiger partial charge on any atom is 0.285 e. The number of halogens is 1. The predicted octanol–water partition coefficient (Wildman–Crippen LogP) is 3.18. The van der Waals surface area contributed by atoms with E-state index < -0.39 is 5.56 Å². The van der Waals surface area contributed by atoms with Crippen molar-refractivity contribution < 1.29 is 0 Å². The Bertz CT molecular complexity index is 569. The van der Waals surface area contributed by atoms with Crippen LogP contribution in [0, 0.1) is 11.8 Å². The third kappa shape index (κ3) is 2.87. The van der Waals surface area contributed by atoms with Gasteiger partial charge in [-0.25, -0.2) is 5.10 Å². The minimum atomic E-state index is -0.396. The first-order valence-electron chi connectivity index (χ1n) is 7.28. The van der Waals surface area contributed by atoms with E-state index in [1.165, 1.54) is 44.0 Å². The van der Waals surface area contributed by atoms with Gasteiger partial charge < -0.3 is 0 Å². The summed E-state index contributed by atoms with van der Waals surface area (Å²) in [5.74, 6) is 1.69. The zero-order chi connectivity index (χ0) is 13.9. The second-order valence-electron chi connectivity index (χ2n) is 5.76. The number of rotatable bonds is 2. The number of fused-ring (bicyclic) bond motifs is 1. The molecule has 0 bridgehead atoms. The molecule has 1 aromatic heterocycles. The van der Waals surface area contributed by atoms with E-state index >= 15 is 0 Å². The van der Waals surface area contributed by atoms with Gasteiger partial charge in [0.1, 0.15) is 10.7 Å². The summed E-state index contributed by atoms with van der Waals surface area (Å²) in [6, 6.07) is 0. The Kier molecular flexibility index (Phi) is 4.05. The van der Waals surface area contributed by atoms with Gasteiger partial charge in [0.25, 0.3) is 5.56 Å². The fourth-order valence-corrected chi connectivity index (χ4v) is 3.53. The lowest BCUT2D eigenvalue weighted by molar-refractivity contribution is 0.218. The van der Waals surface area contributed by atoms with Crippen molar-refractivity contribution in [2.45, 2.75) is 44.9 Å². The van der Waals surface area contributed by atoms with Crippen molar-refractivity contribution in [3.8, 4) is 0 Å². The van der Waals surface area contributed by atoms with Gasteiger partial charge in [0, 0.05) is 5.71 Å². The number of nitrogens with one attached hydrogen (secondary N) is 2. The van der Waals surface area contributed by atoms with Gasteiger partial charge in [-0.1, -0.05) is 30.9 Å². The van der Waals surface area contributed by atoms with E-state index in [1.807, 2.05) is 0 Å². The summed E-state index contributed by atoms with van der Waals surface area (Å²) < 4.78 is 0. The molecule has 0 unspecified atom stereocenters. The number of hydrogen-bond donors (Lipinski definition) is 2. The Morgan fingerprint density at radius 3 is 2.95 bits per heavy atom. The van der Waals surface area contributed by atoms with E-state index in [9.17, 15) is 4.79 Å². The number of anilines is 1. The third-order valence-electron chi connectivity index (χ3n) is 4.50. The Balaban J connectivity index is 1.67. The van der Waals surface area contributed by atoms with Gasteiger partial charge in [-0.3, -0.25) is 10.2 Å². The zero-order valence-electron chi connectivity index (χ0n) is 11.4. The molecule has 2 aliphatic rings. The number of hydrogen-bond acceptors (Lipinski definition) is 4. The van der Waals surface area contributed by atoms with Crippen LogP contribution in [0.5, 0.6) is 0 Å². The van der Waals surface area contributed by atoms with Crippen molar-refractivity contribution in [3.63, 3.8) is 0 Å². The standard InChI is InChI=1S/C14H19ClN4O/c15-13-12(8-16-19-14(13)20)18-17-11-6-5-9-3-1-2-4-10(9)7-11/h8-10H,1-7H2,(H2,18,19,20)/b17-11-/t9-,10-/m1/s1. The van der Waals surface area contributed by atoms with E-state index in [0.29, 0.717) is 5.69 Å². The highest BCUT2D eigenvalue weighted by Crippen LogP contribution is 2.39. The van der Waals surface area contributed by atoms with Gasteiger partial charge in [0.05, 0.1) is 6.20 Å². The largest absolute Gasteiger partial charge is 0.285 e. The predicted molar refractivity (Wildman–Crippen MR) is 80.2 cm³/mol. The summed E-state index contributed by atoms with van der Waals surface area (Å²) in [5.41, 5.74) is 4.15. The van der Waals surface area contributed by atoms with Crippen molar-refractivity contribution in [2.75, 3.05) is 5.43 Å². The second-order valence-corrected chi connectivity index (χ2v) is 6.14. The summed E-state index contributed by atoms with van der Waals surface area (Å²) in [5, 5.41) is 10.6. The molecule has 2 aliphatic carbocycles. The molecule has 2 atom stereocenters. The van der Waals surface area contributed by atoms with Crippen molar-refractivity contribution in [1.29, 1.82) is 0 Å². The molecule has 6 heteroatoms. The summed E-state index contributed by atoms with van der Waals surface area (Å²) in [7, 11) is 0. The normalized spacial score (nSPS) is 28.1. The highest BCUT2D eigenvalue weighted by molar-refractivity contribution is 6.32. The van der Waals surface area contributed by atoms with Crippen LogP contribution in [-0.4, -0.2) is 15.9 Å². The van der Waals surface area contributed by atoms with Crippen molar-refractivity contribution in [3.05, 3.63) is 21.6 Å². The Morgan fingerprint density at radius 2 is 2.10 bits per heavy atom. The topological polar surface area (TPSA) is 70.1 Å². The van der Waals surface area contributed by atoms with Gasteiger partial charge in [0.2, 0.25) is 0 Å². The lowest BCUT2D eigenvalue weighted by atomic mass is 9.70. The average Bonchev–Trinajstić information content (AvgIpc) is 2.48. The first-order chi connectivity index (χ1) is 9.74. The number of H-pyrrole nitrogens is 1. The van der Waals surface area contributed by atoms with E-state index in [4.69, 9.17) is 11.6 Å². The highest BCUT2D eigenvalue weighted by Gasteiger charge is 2.30. The molecule has 108 valence electrons. The quantitative estimate of drug-likeness (QED) is 0.823. The summed E-state index contributed by atoms with van der Waals surface area (Å²) in [4.78, 5) is 11.3. The molecule has 20 heavy (non-hydrogen) atoms. The first kappa shape index (κ1) is 13.6. The summed E-state index contributed by atoms with van der Waals surface area (Å²) in [6.45, 7) is 0. The second kappa shape index (κ2) is 5.95. The van der Waals surface area contributed by atoms with Crippen LogP contribution in [0.1, 0.15) is 44.9 Å². The molecule has 2 N–H and O–H groups in total. The molecule has 5 nitrogen and oxygen atoms in total. The van der Waals surface area contributed by atoms with Gasteiger partial charge in [-0.15, -0.1) is 0 Å². The van der Waals surface area contributed by atoms with Crippen LogP contribution >= 0.6 is 11.6 Å². The van der Waals surface area contributed by atoms with Crippen LogP contribution in [0.25, 0.3) is 0 Å². The van der Waals surface area contributed by atoms with Crippen LogP contribution in [-0.2, 0) is 0 Å². The van der Waals surface area contributed by atoms with Crippen LogP contribution in [0.2, 0.25) is 5.02 Å². The maximum absolute atomic E-state index is 11.3. The molecular weight excluding hydrogens is 276 g/mol. The molecule has 0 amide bonds. The Hall–Kier alpha value is -1.36. The van der Waals surface area contributed by atoms with Gasteiger partial charge >= 0.3 is 0 Å². The van der Waals surface area contributed by atoms with Gasteiger partial charge in [0.15, 0.2) is 0 Å². The van der Waals surface area contributed by atoms with Crippen molar-refractivity contribution in [2.24, 2.45) is 16.9 Å². The molecule has 3 rings (SSSR count). The number of nitrogens with zero attached hydrogens (tertiary/aromatic N) is 2. The average molecular weight is 295 g/mol. The molecule has 2 saturated carbocycles. The van der Waals surface area contributed by atoms with Crippen molar-refractivity contribution in [1.82, 2.24) is 10.2 Å². The smallest absolute Gasteiger partial charge is 0.275 e. The number of aromatic amines is 1. The molecule has 1 aromatic rings. The number of aromatic nitrogens is 2. The third-order valence-corrected chi connectivity index (χ3v) is 4.87. The molecule has 2 fully saturated rings. The van der Waals surface area contributed by atoms with Gasteiger partial charge in [-0.2, -0.15) is 10.2 Å². The van der Waals surface area contributed by atoms with Crippen molar-refractivity contribution >= 4 is 23.0 Å². The van der Waals surface area contributed by atoms with Crippen LogP contribution in [0.15, 0.2) is 16.1 Å². The van der Waals surface area contributed by atoms with Gasteiger partial charge in [-0.05, 0) is 37.5 Å². The van der Waals surface area contributed by atoms with E-state index in [0.717, 1.165) is 24.7 Å². The van der Waals surface area contributed by atoms with E-state index in [-0.39, 0.29) is 5.02 Å². The Morgan fingerprint density at radius 1 is 1.30 bits per heavy atom. The van der Waals surface area contributed by atoms with E-state index in [2.05, 4.69) is 20.7 Å². The Labute approximate surface area is 122 Å².